The highest BCUT2D eigenvalue weighted by atomic mass is 19.4. The van der Waals surface area contributed by atoms with Crippen molar-refractivity contribution in [2.24, 2.45) is 7.05 Å². The van der Waals surface area contributed by atoms with Crippen LogP contribution in [-0.4, -0.2) is 15.7 Å². The molecule has 2 aromatic rings. The second-order valence-electron chi connectivity index (χ2n) is 5.28. The van der Waals surface area contributed by atoms with Crippen molar-refractivity contribution in [3.8, 4) is 0 Å². The summed E-state index contributed by atoms with van der Waals surface area (Å²) in [6.45, 7) is 0. The summed E-state index contributed by atoms with van der Waals surface area (Å²) < 4.78 is 45.1. The van der Waals surface area contributed by atoms with Crippen molar-refractivity contribution >= 4 is 5.91 Å². The molecule has 0 saturated heterocycles. The van der Waals surface area contributed by atoms with Gasteiger partial charge in [0.25, 0.3) is 5.91 Å². The molecule has 5 nitrogen and oxygen atoms in total. The molecular formula is C14H14F3N3O2. The lowest BCUT2D eigenvalue weighted by atomic mass is 9.93. The van der Waals surface area contributed by atoms with Gasteiger partial charge in [-0.25, -0.2) is 0 Å². The van der Waals surface area contributed by atoms with Crippen LogP contribution in [0, 0.1) is 0 Å². The second kappa shape index (κ2) is 5.19. The molecule has 8 heteroatoms. The first-order valence-electron chi connectivity index (χ1n) is 6.84. The lowest BCUT2D eigenvalue weighted by Crippen LogP contribution is -2.31. The third-order valence-electron chi connectivity index (χ3n) is 3.70. The van der Waals surface area contributed by atoms with Crippen LogP contribution in [-0.2, 0) is 19.6 Å². The maximum Gasteiger partial charge on any atom is 0.435 e. The van der Waals surface area contributed by atoms with Gasteiger partial charge in [0.1, 0.15) is 5.76 Å². The fourth-order valence-electron chi connectivity index (χ4n) is 2.74. The van der Waals surface area contributed by atoms with E-state index in [1.54, 1.807) is 6.07 Å². The van der Waals surface area contributed by atoms with Gasteiger partial charge in [-0.05, 0) is 18.9 Å². The fraction of sp³-hybridized carbons (Fsp3) is 0.429. The molecule has 0 fully saturated rings. The van der Waals surface area contributed by atoms with E-state index in [-0.39, 0.29) is 6.04 Å². The largest absolute Gasteiger partial charge is 0.469 e. The van der Waals surface area contributed by atoms with E-state index in [4.69, 9.17) is 4.42 Å². The van der Waals surface area contributed by atoms with Crippen LogP contribution in [0.4, 0.5) is 13.2 Å². The molecule has 0 saturated carbocycles. The standard InChI is InChI=1S/C14H14F3N3O2/c1-20-7-9(12(19-20)14(15,16)17)13(21)18-10-3-2-4-11-8(10)5-6-22-11/h5-7,10H,2-4H2,1H3,(H,18,21). The zero-order valence-corrected chi connectivity index (χ0v) is 11.8. The average molecular weight is 313 g/mol. The van der Waals surface area contributed by atoms with Crippen molar-refractivity contribution in [1.29, 1.82) is 0 Å². The Morgan fingerprint density at radius 2 is 2.27 bits per heavy atom. The summed E-state index contributed by atoms with van der Waals surface area (Å²) in [4.78, 5) is 12.2. The number of hydrogen-bond donors (Lipinski definition) is 1. The molecule has 0 aromatic carbocycles. The molecule has 3 rings (SSSR count). The summed E-state index contributed by atoms with van der Waals surface area (Å²) in [5.41, 5.74) is -0.807. The zero-order valence-electron chi connectivity index (χ0n) is 11.8. The molecule has 1 atom stereocenters. The Morgan fingerprint density at radius 1 is 1.50 bits per heavy atom. The summed E-state index contributed by atoms with van der Waals surface area (Å²) in [5, 5.41) is 5.99. The first-order valence-corrected chi connectivity index (χ1v) is 6.84. The predicted molar refractivity (Wildman–Crippen MR) is 70.1 cm³/mol. The van der Waals surface area contributed by atoms with E-state index in [2.05, 4.69) is 10.4 Å². The topological polar surface area (TPSA) is 60.1 Å². The van der Waals surface area contributed by atoms with Crippen molar-refractivity contribution in [1.82, 2.24) is 15.1 Å². The Kier molecular flexibility index (Phi) is 3.46. The number of aromatic nitrogens is 2. The lowest BCUT2D eigenvalue weighted by molar-refractivity contribution is -0.141. The molecule has 0 radical (unpaired) electrons. The van der Waals surface area contributed by atoms with Crippen LogP contribution < -0.4 is 5.32 Å². The van der Waals surface area contributed by atoms with Gasteiger partial charge >= 0.3 is 6.18 Å². The molecule has 1 aliphatic carbocycles. The molecule has 2 heterocycles. The summed E-state index contributed by atoms with van der Waals surface area (Å²) in [5.74, 6) is -0.00161. The van der Waals surface area contributed by atoms with Crippen LogP contribution in [0.15, 0.2) is 22.9 Å². The number of rotatable bonds is 2. The van der Waals surface area contributed by atoms with Crippen LogP contribution in [0.25, 0.3) is 0 Å². The summed E-state index contributed by atoms with van der Waals surface area (Å²) in [6.07, 6.45) is 0.193. The van der Waals surface area contributed by atoms with E-state index >= 15 is 0 Å². The molecule has 22 heavy (non-hydrogen) atoms. The van der Waals surface area contributed by atoms with Gasteiger partial charge in [0.15, 0.2) is 5.69 Å². The molecule has 1 amide bonds. The minimum Gasteiger partial charge on any atom is -0.469 e. The van der Waals surface area contributed by atoms with Crippen LogP contribution in [0.3, 0.4) is 0 Å². The number of aryl methyl sites for hydroxylation is 2. The Bertz CT molecular complexity index is 702. The zero-order chi connectivity index (χ0) is 15.9. The van der Waals surface area contributed by atoms with Crippen molar-refractivity contribution in [3.05, 3.63) is 41.1 Å². The predicted octanol–water partition coefficient (Wildman–Crippen LogP) is 2.84. The van der Waals surface area contributed by atoms with Gasteiger partial charge in [-0.2, -0.15) is 18.3 Å². The monoisotopic (exact) mass is 313 g/mol. The molecule has 1 unspecified atom stereocenters. The van der Waals surface area contributed by atoms with Gasteiger partial charge in [0, 0.05) is 25.2 Å². The Balaban J connectivity index is 1.85. The van der Waals surface area contributed by atoms with Crippen LogP contribution in [0.1, 0.15) is 46.3 Å². The number of amides is 1. The first-order chi connectivity index (χ1) is 10.4. The van der Waals surface area contributed by atoms with Gasteiger partial charge < -0.3 is 9.73 Å². The second-order valence-corrected chi connectivity index (χ2v) is 5.28. The average Bonchev–Trinajstić information content (AvgIpc) is 3.04. The van der Waals surface area contributed by atoms with Gasteiger partial charge in [-0.1, -0.05) is 0 Å². The SMILES string of the molecule is Cn1cc(C(=O)NC2CCCc3occc32)c(C(F)(F)F)n1. The van der Waals surface area contributed by atoms with E-state index in [9.17, 15) is 18.0 Å². The third kappa shape index (κ3) is 2.60. The molecule has 1 aliphatic rings. The minimum absolute atomic E-state index is 0.337. The lowest BCUT2D eigenvalue weighted by Gasteiger charge is -2.22. The summed E-state index contributed by atoms with van der Waals surface area (Å²) >= 11 is 0. The number of carbonyl (C=O) groups is 1. The number of nitrogens with one attached hydrogen (secondary N) is 1. The van der Waals surface area contributed by atoms with E-state index in [1.807, 2.05) is 0 Å². The first kappa shape index (κ1) is 14.7. The van der Waals surface area contributed by atoms with Gasteiger partial charge in [-0.3, -0.25) is 9.48 Å². The molecule has 0 bridgehead atoms. The molecular weight excluding hydrogens is 299 g/mol. The van der Waals surface area contributed by atoms with E-state index < -0.39 is 23.3 Å². The summed E-state index contributed by atoms with van der Waals surface area (Å²) in [6, 6.07) is 1.41. The molecule has 1 N–H and O–H groups in total. The van der Waals surface area contributed by atoms with E-state index in [0.29, 0.717) is 6.42 Å². The minimum atomic E-state index is -4.67. The highest BCUT2D eigenvalue weighted by Gasteiger charge is 2.39. The number of alkyl halides is 3. The van der Waals surface area contributed by atoms with Crippen LogP contribution >= 0.6 is 0 Å². The Labute approximate surface area is 124 Å². The van der Waals surface area contributed by atoms with Crippen LogP contribution in [0.5, 0.6) is 0 Å². The number of nitrogens with zero attached hydrogens (tertiary/aromatic N) is 2. The highest BCUT2D eigenvalue weighted by molar-refractivity contribution is 5.95. The maximum atomic E-state index is 12.9. The van der Waals surface area contributed by atoms with Gasteiger partial charge in [0.2, 0.25) is 0 Å². The van der Waals surface area contributed by atoms with E-state index in [0.717, 1.165) is 35.0 Å². The molecule has 118 valence electrons. The fourth-order valence-corrected chi connectivity index (χ4v) is 2.74. The van der Waals surface area contributed by atoms with Crippen molar-refractivity contribution in [2.45, 2.75) is 31.5 Å². The number of carbonyl (C=O) groups excluding carboxylic acids is 1. The molecule has 0 aliphatic heterocycles. The Hall–Kier alpha value is -2.25. The molecule has 2 aromatic heterocycles. The summed E-state index contributed by atoms with van der Waals surface area (Å²) in [7, 11) is 1.35. The smallest absolute Gasteiger partial charge is 0.435 e. The quantitative estimate of drug-likeness (QED) is 0.927. The highest BCUT2D eigenvalue weighted by Crippen LogP contribution is 2.33. The van der Waals surface area contributed by atoms with Crippen LogP contribution in [0.2, 0.25) is 0 Å². The van der Waals surface area contributed by atoms with Crippen molar-refractivity contribution in [3.63, 3.8) is 0 Å². The normalized spacial score (nSPS) is 18.1. The Morgan fingerprint density at radius 3 is 3.00 bits per heavy atom. The van der Waals surface area contributed by atoms with Crippen molar-refractivity contribution < 1.29 is 22.4 Å². The maximum absolute atomic E-state index is 12.9. The molecule has 0 spiro atoms. The van der Waals surface area contributed by atoms with Gasteiger partial charge in [-0.15, -0.1) is 0 Å². The number of hydrogen-bond acceptors (Lipinski definition) is 3. The van der Waals surface area contributed by atoms with Gasteiger partial charge in [0.05, 0.1) is 17.9 Å². The van der Waals surface area contributed by atoms with E-state index in [1.165, 1.54) is 13.3 Å². The number of fused-ring (bicyclic) bond motifs is 1. The van der Waals surface area contributed by atoms with Crippen molar-refractivity contribution in [2.75, 3.05) is 0 Å². The number of furan rings is 1. The number of halogens is 3. The third-order valence-corrected chi connectivity index (χ3v) is 3.70.